The van der Waals surface area contributed by atoms with Crippen molar-refractivity contribution < 1.29 is 8.78 Å². The van der Waals surface area contributed by atoms with Crippen molar-refractivity contribution in [2.75, 3.05) is 13.6 Å². The summed E-state index contributed by atoms with van der Waals surface area (Å²) < 4.78 is 29.6. The summed E-state index contributed by atoms with van der Waals surface area (Å²) in [5, 5.41) is 7.32. The number of halogens is 2. The van der Waals surface area contributed by atoms with Crippen molar-refractivity contribution in [3.05, 3.63) is 70.8 Å². The Labute approximate surface area is 173 Å². The zero-order chi connectivity index (χ0) is 20.9. The molecule has 0 saturated heterocycles. The summed E-state index contributed by atoms with van der Waals surface area (Å²) in [5.74, 6) is 0. The summed E-state index contributed by atoms with van der Waals surface area (Å²) in [7, 11) is 2.11. The Bertz CT molecular complexity index is 813. The molecular weight excluding hydrogens is 366 g/mol. The van der Waals surface area contributed by atoms with E-state index in [-0.39, 0.29) is 0 Å². The van der Waals surface area contributed by atoms with E-state index >= 15 is 0 Å². The molecule has 2 aliphatic rings. The van der Waals surface area contributed by atoms with Gasteiger partial charge in [-0.2, -0.15) is 5.26 Å². The van der Waals surface area contributed by atoms with Gasteiger partial charge in [-0.15, -0.1) is 0 Å². The van der Waals surface area contributed by atoms with Crippen LogP contribution in [0.2, 0.25) is 0 Å². The zero-order valence-corrected chi connectivity index (χ0v) is 17.4. The Balaban J connectivity index is 0.000000755. The second-order valence-corrected chi connectivity index (χ2v) is 8.31. The highest BCUT2D eigenvalue weighted by Crippen LogP contribution is 2.55. The molecule has 2 aliphatic carbocycles. The van der Waals surface area contributed by atoms with Crippen LogP contribution >= 0.6 is 0 Å². The molecule has 0 aromatic heterocycles. The van der Waals surface area contributed by atoms with E-state index in [1.54, 1.807) is 6.07 Å². The summed E-state index contributed by atoms with van der Waals surface area (Å²) in [6.07, 6.45) is 3.99. The van der Waals surface area contributed by atoms with Gasteiger partial charge in [-0.25, -0.2) is 8.78 Å². The van der Waals surface area contributed by atoms with Crippen LogP contribution in [0, 0.1) is 11.3 Å². The maximum atomic E-state index is 14.8. The molecule has 0 unspecified atom stereocenters. The molecule has 0 atom stereocenters. The number of hydrogen-bond acceptors (Lipinski definition) is 2. The van der Waals surface area contributed by atoms with Crippen molar-refractivity contribution in [3.63, 3.8) is 0 Å². The average Bonchev–Trinajstić information content (AvgIpc) is 3.63. The van der Waals surface area contributed by atoms with Gasteiger partial charge < -0.3 is 4.90 Å². The molecule has 0 amide bonds. The topological polar surface area (TPSA) is 27.0 Å². The predicted molar refractivity (Wildman–Crippen MR) is 113 cm³/mol. The van der Waals surface area contributed by atoms with Gasteiger partial charge in [0.15, 0.2) is 0 Å². The van der Waals surface area contributed by atoms with Gasteiger partial charge in [0.05, 0.1) is 6.07 Å². The molecule has 2 nitrogen and oxygen atoms in total. The number of nitrogens with zero attached hydrogens (tertiary/aromatic N) is 2. The highest BCUT2D eigenvalue weighted by molar-refractivity contribution is 5.46. The van der Waals surface area contributed by atoms with E-state index in [1.807, 2.05) is 24.3 Å². The third kappa shape index (κ3) is 5.42. The van der Waals surface area contributed by atoms with Gasteiger partial charge >= 0.3 is 0 Å². The van der Waals surface area contributed by atoms with Crippen molar-refractivity contribution >= 4 is 0 Å². The molecule has 4 rings (SSSR count). The minimum Gasteiger partial charge on any atom is -0.302 e. The van der Waals surface area contributed by atoms with Crippen LogP contribution < -0.4 is 0 Å². The number of nitriles is 1. The van der Waals surface area contributed by atoms with Crippen LogP contribution in [0.5, 0.6) is 0 Å². The SMILES string of the molecule is CC#N.CN(CCCc1c(C2(F)CC2)cccc1C1(F)CC1)Cc1ccccc1. The fourth-order valence-corrected chi connectivity index (χ4v) is 3.95. The summed E-state index contributed by atoms with van der Waals surface area (Å²) in [5.41, 5.74) is 1.34. The molecule has 0 radical (unpaired) electrons. The van der Waals surface area contributed by atoms with Crippen molar-refractivity contribution in [2.24, 2.45) is 0 Å². The lowest BCUT2D eigenvalue weighted by molar-refractivity contribution is 0.298. The zero-order valence-electron chi connectivity index (χ0n) is 17.4. The maximum Gasteiger partial charge on any atom is 0.136 e. The van der Waals surface area contributed by atoms with Gasteiger partial charge in [-0.3, -0.25) is 0 Å². The highest BCUT2D eigenvalue weighted by Gasteiger charge is 2.50. The summed E-state index contributed by atoms with van der Waals surface area (Å²) in [6, 6.07) is 17.7. The summed E-state index contributed by atoms with van der Waals surface area (Å²) >= 11 is 0. The van der Waals surface area contributed by atoms with Gasteiger partial charge in [0.25, 0.3) is 0 Å². The molecule has 4 heteroatoms. The molecule has 2 aromatic rings. The van der Waals surface area contributed by atoms with Gasteiger partial charge in [0, 0.05) is 13.5 Å². The van der Waals surface area contributed by atoms with Gasteiger partial charge in [0.1, 0.15) is 11.3 Å². The van der Waals surface area contributed by atoms with Crippen molar-refractivity contribution in [2.45, 2.75) is 63.3 Å². The molecule has 0 N–H and O–H groups in total. The van der Waals surface area contributed by atoms with Crippen LogP contribution in [0.15, 0.2) is 48.5 Å². The fourth-order valence-electron chi connectivity index (χ4n) is 3.95. The van der Waals surface area contributed by atoms with Crippen molar-refractivity contribution in [1.29, 1.82) is 5.26 Å². The third-order valence-corrected chi connectivity index (χ3v) is 5.78. The lowest BCUT2D eigenvalue weighted by Gasteiger charge is -2.21. The van der Waals surface area contributed by atoms with E-state index in [4.69, 9.17) is 5.26 Å². The Hall–Kier alpha value is -2.25. The van der Waals surface area contributed by atoms with Crippen molar-refractivity contribution in [3.8, 4) is 6.07 Å². The molecule has 0 aliphatic heterocycles. The fraction of sp³-hybridized carbons (Fsp3) is 0.480. The molecular formula is C25H30F2N2. The maximum absolute atomic E-state index is 14.8. The number of hydrogen-bond donors (Lipinski definition) is 0. The second-order valence-electron chi connectivity index (χ2n) is 8.31. The lowest BCUT2D eigenvalue weighted by Crippen LogP contribution is -2.20. The van der Waals surface area contributed by atoms with Crippen LogP contribution in [0.1, 0.15) is 61.3 Å². The van der Waals surface area contributed by atoms with E-state index in [1.165, 1.54) is 12.5 Å². The second kappa shape index (κ2) is 9.05. The summed E-state index contributed by atoms with van der Waals surface area (Å²) in [4.78, 5) is 2.28. The lowest BCUT2D eigenvalue weighted by atomic mass is 9.90. The Kier molecular flexibility index (Phi) is 6.70. The van der Waals surface area contributed by atoms with Gasteiger partial charge in [-0.1, -0.05) is 48.5 Å². The molecule has 0 spiro atoms. The largest absolute Gasteiger partial charge is 0.302 e. The first kappa shape index (κ1) is 21.5. The number of benzene rings is 2. The van der Waals surface area contributed by atoms with E-state index in [0.717, 1.165) is 42.6 Å². The Morgan fingerprint density at radius 1 is 0.931 bits per heavy atom. The van der Waals surface area contributed by atoms with Crippen LogP contribution in [0.25, 0.3) is 0 Å². The Morgan fingerprint density at radius 3 is 1.93 bits per heavy atom. The standard InChI is InChI=1S/C23H27F2N.C2H3N/c1-26(17-18-7-3-2-4-8-18)16-6-9-19-20(22(24)12-13-22)10-5-11-21(19)23(25)14-15-23;1-2-3/h2-5,7-8,10-11H,6,9,12-17H2,1H3;1H3. The first-order valence-electron chi connectivity index (χ1n) is 10.5. The van der Waals surface area contributed by atoms with Crippen LogP contribution in [-0.2, 0) is 24.3 Å². The smallest absolute Gasteiger partial charge is 0.136 e. The van der Waals surface area contributed by atoms with E-state index < -0.39 is 11.3 Å². The van der Waals surface area contributed by atoms with E-state index in [9.17, 15) is 8.78 Å². The minimum absolute atomic E-state index is 0.580. The minimum atomic E-state index is -1.20. The molecule has 0 bridgehead atoms. The predicted octanol–water partition coefficient (Wildman–Crippen LogP) is 6.20. The first-order chi connectivity index (χ1) is 13.9. The first-order valence-corrected chi connectivity index (χ1v) is 10.5. The number of alkyl halides is 2. The molecule has 29 heavy (non-hydrogen) atoms. The summed E-state index contributed by atoms with van der Waals surface area (Å²) in [6.45, 7) is 3.25. The quantitative estimate of drug-likeness (QED) is 0.531. The molecule has 0 heterocycles. The van der Waals surface area contributed by atoms with Crippen molar-refractivity contribution in [1.82, 2.24) is 4.90 Å². The molecule has 2 fully saturated rings. The Morgan fingerprint density at radius 2 is 1.45 bits per heavy atom. The molecule has 2 saturated carbocycles. The van der Waals surface area contributed by atoms with Gasteiger partial charge in [-0.05, 0) is 74.4 Å². The average molecular weight is 397 g/mol. The normalized spacial score (nSPS) is 17.8. The number of rotatable bonds is 8. The highest BCUT2D eigenvalue weighted by atomic mass is 19.1. The van der Waals surface area contributed by atoms with Gasteiger partial charge in [0.2, 0.25) is 0 Å². The van der Waals surface area contributed by atoms with E-state index in [2.05, 4.69) is 36.2 Å². The third-order valence-electron chi connectivity index (χ3n) is 5.78. The van der Waals surface area contributed by atoms with E-state index in [0.29, 0.717) is 25.7 Å². The molecule has 2 aromatic carbocycles. The monoisotopic (exact) mass is 396 g/mol. The van der Waals surface area contributed by atoms with Crippen LogP contribution in [0.4, 0.5) is 8.78 Å². The van der Waals surface area contributed by atoms with Crippen LogP contribution in [-0.4, -0.2) is 18.5 Å². The van der Waals surface area contributed by atoms with Crippen LogP contribution in [0.3, 0.4) is 0 Å². The molecule has 154 valence electrons.